The smallest absolute Gasteiger partial charge is 0.326 e. The monoisotopic (exact) mass is 511 g/mol. The topological polar surface area (TPSA) is 151 Å². The summed E-state index contributed by atoms with van der Waals surface area (Å²) in [5.41, 5.74) is 0.492. The zero-order valence-corrected chi connectivity index (χ0v) is 20.3. The van der Waals surface area contributed by atoms with Gasteiger partial charge in [-0.25, -0.2) is 13.6 Å². The molecule has 1 aliphatic rings. The van der Waals surface area contributed by atoms with E-state index < -0.39 is 71.8 Å². The van der Waals surface area contributed by atoms with Crippen LogP contribution in [-0.4, -0.2) is 60.0 Å². The number of amides is 3. The van der Waals surface area contributed by atoms with Gasteiger partial charge >= 0.3 is 11.9 Å². The van der Waals surface area contributed by atoms with Crippen LogP contribution in [-0.2, 0) is 28.7 Å². The molecule has 0 bridgehead atoms. The number of carboxylic acids is 1. The molecule has 0 saturated heterocycles. The molecule has 0 spiro atoms. The van der Waals surface area contributed by atoms with Crippen LogP contribution >= 0.6 is 0 Å². The molecule has 4 N–H and O–H groups in total. The van der Waals surface area contributed by atoms with Gasteiger partial charge in [0, 0.05) is 12.3 Å². The van der Waals surface area contributed by atoms with E-state index in [-0.39, 0.29) is 25.4 Å². The van der Waals surface area contributed by atoms with Gasteiger partial charge in [0.25, 0.3) is 0 Å². The number of hydrogen-bond donors (Lipinski definition) is 4. The van der Waals surface area contributed by atoms with Crippen LogP contribution in [0.1, 0.15) is 51.5 Å². The Kier molecular flexibility index (Phi) is 10.3. The Labute approximate surface area is 207 Å². The number of hydrogen-bond acceptors (Lipinski definition) is 6. The summed E-state index contributed by atoms with van der Waals surface area (Å²) in [7, 11) is 0. The maximum Gasteiger partial charge on any atom is 0.326 e. The fourth-order valence-corrected chi connectivity index (χ4v) is 3.67. The van der Waals surface area contributed by atoms with E-state index in [0.29, 0.717) is 12.0 Å². The van der Waals surface area contributed by atoms with Gasteiger partial charge in [0.1, 0.15) is 12.1 Å². The average Bonchev–Trinajstić information content (AvgIpc) is 3.61. The van der Waals surface area contributed by atoms with Crippen LogP contribution in [0.2, 0.25) is 0 Å². The first-order valence-electron chi connectivity index (χ1n) is 11.6. The molecule has 1 saturated carbocycles. The maximum absolute atomic E-state index is 13.4. The van der Waals surface area contributed by atoms with Crippen molar-refractivity contribution in [1.82, 2.24) is 16.0 Å². The third-order valence-electron chi connectivity index (χ3n) is 5.74. The number of aliphatic carboxylic acids is 1. The van der Waals surface area contributed by atoms with Crippen LogP contribution in [0.15, 0.2) is 18.2 Å². The Morgan fingerprint density at radius 1 is 1.11 bits per heavy atom. The number of ether oxygens (including phenoxy) is 1. The summed E-state index contributed by atoms with van der Waals surface area (Å²) < 4.78 is 31.3. The van der Waals surface area contributed by atoms with E-state index in [4.69, 9.17) is 4.74 Å². The van der Waals surface area contributed by atoms with Crippen molar-refractivity contribution in [2.75, 3.05) is 13.2 Å². The molecule has 0 aliphatic heterocycles. The van der Waals surface area contributed by atoms with Crippen LogP contribution in [0.3, 0.4) is 0 Å². The molecule has 1 aliphatic carbocycles. The number of halogens is 2. The Morgan fingerprint density at radius 3 is 2.39 bits per heavy atom. The zero-order valence-electron chi connectivity index (χ0n) is 20.3. The quantitative estimate of drug-likeness (QED) is 0.291. The van der Waals surface area contributed by atoms with Gasteiger partial charge in [-0.1, -0.05) is 19.9 Å². The number of nitrogens with one attached hydrogen (secondary N) is 3. The van der Waals surface area contributed by atoms with E-state index in [2.05, 4.69) is 16.0 Å². The Morgan fingerprint density at radius 2 is 1.81 bits per heavy atom. The summed E-state index contributed by atoms with van der Waals surface area (Å²) in [4.78, 5) is 60.4. The first kappa shape index (κ1) is 28.7. The Balaban J connectivity index is 1.86. The summed E-state index contributed by atoms with van der Waals surface area (Å²) in [5, 5.41) is 16.6. The molecule has 0 heterocycles. The highest BCUT2D eigenvalue weighted by atomic mass is 19.2. The molecule has 2 rings (SSSR count). The molecule has 0 aromatic heterocycles. The van der Waals surface area contributed by atoms with Gasteiger partial charge in [0.15, 0.2) is 11.6 Å². The first-order chi connectivity index (χ1) is 16.9. The molecule has 0 radical (unpaired) electrons. The van der Waals surface area contributed by atoms with E-state index in [1.807, 2.05) is 0 Å². The summed E-state index contributed by atoms with van der Waals surface area (Å²) in [6.45, 7) is 4.62. The predicted octanol–water partition coefficient (Wildman–Crippen LogP) is 1.24. The number of carboxylic acid groups (broad SMARTS) is 1. The normalized spacial score (nSPS) is 18.1. The van der Waals surface area contributed by atoms with Gasteiger partial charge < -0.3 is 25.8 Å². The fourth-order valence-electron chi connectivity index (χ4n) is 3.67. The summed E-state index contributed by atoms with van der Waals surface area (Å²) in [5.74, 6) is -6.93. The van der Waals surface area contributed by atoms with Crippen molar-refractivity contribution in [3.05, 3.63) is 35.4 Å². The fraction of sp³-hybridized carbons (Fsp3) is 0.542. The standard InChI is InChI=1S/C24H31F2N3O7/c1-4-36-20(31)8-7-18(24(34)35)28-23(33)21(12(2)3)29-19(30)11-27-22(32)15-10-14(15)13-5-6-16(25)17(26)9-13/h5-6,9,12,14-15,18,21H,4,7-8,10-11H2,1-3H3,(H,27,32)(H,28,33)(H,29,30)(H,34,35)/t14?,15?,18-,21+/m1/s1. The second-order valence-corrected chi connectivity index (χ2v) is 8.87. The molecule has 36 heavy (non-hydrogen) atoms. The van der Waals surface area contributed by atoms with Crippen molar-refractivity contribution in [1.29, 1.82) is 0 Å². The molecule has 3 amide bonds. The minimum absolute atomic E-state index is 0.146. The highest BCUT2D eigenvalue weighted by molar-refractivity contribution is 5.93. The number of benzene rings is 1. The molecule has 1 fully saturated rings. The SMILES string of the molecule is CCOC(=O)CC[C@@H](NC(=O)[C@@H](NC(=O)CNC(=O)C1CC1c1ccc(F)c(F)c1)C(C)C)C(=O)O. The van der Waals surface area contributed by atoms with Crippen LogP contribution in [0.25, 0.3) is 0 Å². The molecule has 4 atom stereocenters. The Bertz CT molecular complexity index is 1000. The molecule has 10 nitrogen and oxygen atoms in total. The van der Waals surface area contributed by atoms with E-state index in [1.165, 1.54) is 6.07 Å². The second-order valence-electron chi connectivity index (χ2n) is 8.87. The minimum atomic E-state index is -1.36. The van der Waals surface area contributed by atoms with Gasteiger partial charge in [-0.3, -0.25) is 19.2 Å². The van der Waals surface area contributed by atoms with E-state index >= 15 is 0 Å². The lowest BCUT2D eigenvalue weighted by atomic mass is 10.0. The minimum Gasteiger partial charge on any atom is -0.480 e. The highest BCUT2D eigenvalue weighted by Crippen LogP contribution is 2.47. The number of rotatable bonds is 13. The second kappa shape index (κ2) is 12.9. The number of carbonyl (C=O) groups excluding carboxylic acids is 4. The lowest BCUT2D eigenvalue weighted by Crippen LogP contribution is -2.55. The van der Waals surface area contributed by atoms with Crippen LogP contribution in [0.5, 0.6) is 0 Å². The predicted molar refractivity (Wildman–Crippen MR) is 122 cm³/mol. The van der Waals surface area contributed by atoms with Gasteiger partial charge in [-0.05, 0) is 49.3 Å². The van der Waals surface area contributed by atoms with Gasteiger partial charge in [0.2, 0.25) is 17.7 Å². The largest absolute Gasteiger partial charge is 0.480 e. The summed E-state index contributed by atoms with van der Waals surface area (Å²) >= 11 is 0. The molecule has 1 aromatic carbocycles. The number of esters is 1. The highest BCUT2D eigenvalue weighted by Gasteiger charge is 2.44. The van der Waals surface area contributed by atoms with Crippen LogP contribution in [0.4, 0.5) is 8.78 Å². The van der Waals surface area contributed by atoms with Crippen molar-refractivity contribution in [2.24, 2.45) is 11.8 Å². The summed E-state index contributed by atoms with van der Waals surface area (Å²) in [6.07, 6.45) is 0.0374. The maximum atomic E-state index is 13.4. The first-order valence-corrected chi connectivity index (χ1v) is 11.6. The molecule has 2 unspecified atom stereocenters. The summed E-state index contributed by atoms with van der Waals surface area (Å²) in [6, 6.07) is 1.00. The number of carbonyl (C=O) groups is 5. The van der Waals surface area contributed by atoms with Crippen molar-refractivity contribution >= 4 is 29.7 Å². The van der Waals surface area contributed by atoms with E-state index in [0.717, 1.165) is 12.1 Å². The lowest BCUT2D eigenvalue weighted by molar-refractivity contribution is -0.145. The average molecular weight is 512 g/mol. The molecule has 198 valence electrons. The van der Waals surface area contributed by atoms with Crippen molar-refractivity contribution in [3.8, 4) is 0 Å². The van der Waals surface area contributed by atoms with Crippen molar-refractivity contribution < 1.29 is 42.6 Å². The third-order valence-corrected chi connectivity index (χ3v) is 5.74. The lowest BCUT2D eigenvalue weighted by Gasteiger charge is -2.24. The molecule has 1 aromatic rings. The van der Waals surface area contributed by atoms with E-state index in [9.17, 15) is 37.9 Å². The van der Waals surface area contributed by atoms with Crippen molar-refractivity contribution in [2.45, 2.75) is 58.0 Å². The molecular formula is C24H31F2N3O7. The van der Waals surface area contributed by atoms with Gasteiger partial charge in [0.05, 0.1) is 13.2 Å². The van der Waals surface area contributed by atoms with Crippen LogP contribution in [0, 0.1) is 23.5 Å². The Hall–Kier alpha value is -3.57. The van der Waals surface area contributed by atoms with Crippen LogP contribution < -0.4 is 16.0 Å². The molecular weight excluding hydrogens is 480 g/mol. The van der Waals surface area contributed by atoms with Gasteiger partial charge in [-0.15, -0.1) is 0 Å². The van der Waals surface area contributed by atoms with E-state index in [1.54, 1.807) is 20.8 Å². The third kappa shape index (κ3) is 8.28. The van der Waals surface area contributed by atoms with Crippen molar-refractivity contribution in [3.63, 3.8) is 0 Å². The molecule has 12 heteroatoms. The van der Waals surface area contributed by atoms with Gasteiger partial charge in [-0.2, -0.15) is 0 Å². The zero-order chi connectivity index (χ0) is 27.0.